The highest BCUT2D eigenvalue weighted by Crippen LogP contribution is 2.39. The summed E-state index contributed by atoms with van der Waals surface area (Å²) in [5.74, 6) is 1.37. The van der Waals surface area contributed by atoms with Gasteiger partial charge in [0.2, 0.25) is 6.79 Å². The van der Waals surface area contributed by atoms with Gasteiger partial charge in [0.05, 0.1) is 6.10 Å². The summed E-state index contributed by atoms with van der Waals surface area (Å²) in [4.78, 5) is 0. The first kappa shape index (κ1) is 10.7. The summed E-state index contributed by atoms with van der Waals surface area (Å²) in [6.07, 6.45) is -0.0445. The third kappa shape index (κ3) is 2.09. The van der Waals surface area contributed by atoms with Crippen LogP contribution in [0.25, 0.3) is 0 Å². The van der Waals surface area contributed by atoms with Crippen molar-refractivity contribution in [1.82, 2.24) is 0 Å². The van der Waals surface area contributed by atoms with Crippen LogP contribution in [-0.4, -0.2) is 18.4 Å². The second-order valence-electron chi connectivity index (χ2n) is 3.32. The molecule has 1 atom stereocenters. The lowest BCUT2D eigenvalue weighted by atomic mass is 10.1. The number of hydrogen-bond acceptors (Lipinski definition) is 4. The number of ether oxygens (including phenoxy) is 2. The number of fused-ring (bicyclic) bond motifs is 1. The van der Waals surface area contributed by atoms with E-state index in [4.69, 9.17) is 15.2 Å². The van der Waals surface area contributed by atoms with Gasteiger partial charge in [-0.25, -0.2) is 0 Å². The molecule has 82 valence electrons. The second kappa shape index (κ2) is 4.38. The molecule has 5 heteroatoms. The summed E-state index contributed by atoms with van der Waals surface area (Å²) in [5.41, 5.74) is 6.18. The number of nitrogens with two attached hydrogens (primary N) is 1. The standard InChI is InChI=1S/C10H12BrNO3/c11-7-4-10-9(14-5-15-10)3-6(7)8(13)1-2-12/h3-4,8,13H,1-2,5,12H2/t8-/m1/s1. The molecule has 0 amide bonds. The zero-order chi connectivity index (χ0) is 10.8. The first-order valence-electron chi connectivity index (χ1n) is 4.69. The fraction of sp³-hybridized carbons (Fsp3) is 0.400. The van der Waals surface area contributed by atoms with Gasteiger partial charge in [-0.05, 0) is 30.7 Å². The molecule has 0 unspecified atom stereocenters. The predicted molar refractivity (Wildman–Crippen MR) is 58.9 cm³/mol. The Morgan fingerprint density at radius 2 is 2.07 bits per heavy atom. The number of hydrogen-bond donors (Lipinski definition) is 2. The monoisotopic (exact) mass is 273 g/mol. The fourth-order valence-corrected chi connectivity index (χ4v) is 2.09. The lowest BCUT2D eigenvalue weighted by Crippen LogP contribution is -2.07. The molecule has 0 radical (unpaired) electrons. The van der Waals surface area contributed by atoms with Crippen LogP contribution in [0.5, 0.6) is 11.5 Å². The lowest BCUT2D eigenvalue weighted by molar-refractivity contribution is 0.167. The molecular weight excluding hydrogens is 262 g/mol. The summed E-state index contributed by atoms with van der Waals surface area (Å²) in [6, 6.07) is 3.59. The molecule has 1 heterocycles. The molecule has 0 aliphatic carbocycles. The van der Waals surface area contributed by atoms with Gasteiger partial charge < -0.3 is 20.3 Å². The zero-order valence-corrected chi connectivity index (χ0v) is 9.66. The van der Waals surface area contributed by atoms with Crippen molar-refractivity contribution in [3.8, 4) is 11.5 Å². The van der Waals surface area contributed by atoms with Gasteiger partial charge in [-0.2, -0.15) is 0 Å². The molecule has 1 aromatic rings. The minimum absolute atomic E-state index is 0.234. The van der Waals surface area contributed by atoms with Crippen molar-refractivity contribution in [2.75, 3.05) is 13.3 Å². The maximum Gasteiger partial charge on any atom is 0.231 e. The van der Waals surface area contributed by atoms with Crippen molar-refractivity contribution < 1.29 is 14.6 Å². The average Bonchev–Trinajstić information content (AvgIpc) is 2.63. The van der Waals surface area contributed by atoms with Crippen molar-refractivity contribution >= 4 is 15.9 Å². The molecule has 0 saturated heterocycles. The summed E-state index contributed by atoms with van der Waals surface area (Å²) in [7, 11) is 0. The molecule has 1 aliphatic rings. The van der Waals surface area contributed by atoms with Crippen LogP contribution < -0.4 is 15.2 Å². The van der Waals surface area contributed by atoms with Gasteiger partial charge in [-0.3, -0.25) is 0 Å². The van der Waals surface area contributed by atoms with Crippen molar-refractivity contribution in [2.24, 2.45) is 5.73 Å². The van der Waals surface area contributed by atoms with E-state index in [1.165, 1.54) is 0 Å². The van der Waals surface area contributed by atoms with E-state index in [9.17, 15) is 5.11 Å². The van der Waals surface area contributed by atoms with Gasteiger partial charge >= 0.3 is 0 Å². The minimum atomic E-state index is -0.570. The SMILES string of the molecule is NCC[C@@H](O)c1cc2c(cc1Br)OCO2. The molecule has 4 nitrogen and oxygen atoms in total. The molecule has 1 aromatic carbocycles. The van der Waals surface area contributed by atoms with Crippen LogP contribution in [0, 0.1) is 0 Å². The van der Waals surface area contributed by atoms with E-state index in [1.807, 2.05) is 0 Å². The number of aliphatic hydroxyl groups is 1. The first-order valence-corrected chi connectivity index (χ1v) is 5.49. The predicted octanol–water partition coefficient (Wildman–Crippen LogP) is 1.56. The van der Waals surface area contributed by atoms with E-state index >= 15 is 0 Å². The molecule has 0 saturated carbocycles. The Bertz CT molecular complexity index is 370. The maximum atomic E-state index is 9.83. The van der Waals surface area contributed by atoms with Crippen molar-refractivity contribution in [3.05, 3.63) is 22.2 Å². The minimum Gasteiger partial charge on any atom is -0.454 e. The molecule has 0 fully saturated rings. The molecule has 2 rings (SSSR count). The summed E-state index contributed by atoms with van der Waals surface area (Å²) < 4.78 is 11.3. The molecule has 0 bridgehead atoms. The van der Waals surface area contributed by atoms with E-state index in [0.717, 1.165) is 10.0 Å². The Hall–Kier alpha value is -0.780. The highest BCUT2D eigenvalue weighted by atomic mass is 79.9. The third-order valence-electron chi connectivity index (χ3n) is 2.29. The normalized spacial score (nSPS) is 15.4. The maximum absolute atomic E-state index is 9.83. The van der Waals surface area contributed by atoms with E-state index in [2.05, 4.69) is 15.9 Å². The van der Waals surface area contributed by atoms with Gasteiger partial charge in [0.1, 0.15) is 0 Å². The molecule has 0 spiro atoms. The van der Waals surface area contributed by atoms with E-state index in [1.54, 1.807) is 12.1 Å². The summed E-state index contributed by atoms with van der Waals surface area (Å²) in [5, 5.41) is 9.83. The number of benzene rings is 1. The van der Waals surface area contributed by atoms with Gasteiger partial charge in [-0.15, -0.1) is 0 Å². The highest BCUT2D eigenvalue weighted by molar-refractivity contribution is 9.10. The van der Waals surface area contributed by atoms with Crippen molar-refractivity contribution in [3.63, 3.8) is 0 Å². The second-order valence-corrected chi connectivity index (χ2v) is 4.17. The van der Waals surface area contributed by atoms with Gasteiger partial charge in [0.25, 0.3) is 0 Å². The molecule has 15 heavy (non-hydrogen) atoms. The zero-order valence-electron chi connectivity index (χ0n) is 8.07. The quantitative estimate of drug-likeness (QED) is 0.878. The Kier molecular flexibility index (Phi) is 3.14. The van der Waals surface area contributed by atoms with Crippen LogP contribution in [0.1, 0.15) is 18.1 Å². The highest BCUT2D eigenvalue weighted by Gasteiger charge is 2.19. The third-order valence-corrected chi connectivity index (χ3v) is 2.98. The Morgan fingerprint density at radius 1 is 1.40 bits per heavy atom. The van der Waals surface area contributed by atoms with Gasteiger partial charge in [0.15, 0.2) is 11.5 Å². The van der Waals surface area contributed by atoms with Crippen molar-refractivity contribution in [1.29, 1.82) is 0 Å². The fourth-order valence-electron chi connectivity index (χ4n) is 1.50. The van der Waals surface area contributed by atoms with Crippen LogP contribution in [0.4, 0.5) is 0 Å². The van der Waals surface area contributed by atoms with E-state index in [-0.39, 0.29) is 6.79 Å². The Labute approximate surface area is 96.1 Å². The lowest BCUT2D eigenvalue weighted by Gasteiger charge is -2.12. The number of rotatable bonds is 3. The topological polar surface area (TPSA) is 64.7 Å². The van der Waals surface area contributed by atoms with Crippen LogP contribution >= 0.6 is 15.9 Å². The molecular formula is C10H12BrNO3. The van der Waals surface area contributed by atoms with E-state index in [0.29, 0.717) is 24.5 Å². The Balaban J connectivity index is 2.31. The molecule has 0 aromatic heterocycles. The van der Waals surface area contributed by atoms with Crippen LogP contribution in [0.2, 0.25) is 0 Å². The number of aliphatic hydroxyl groups excluding tert-OH is 1. The first-order chi connectivity index (χ1) is 7.22. The Morgan fingerprint density at radius 3 is 2.73 bits per heavy atom. The number of halogens is 1. The van der Waals surface area contributed by atoms with Crippen LogP contribution in [0.15, 0.2) is 16.6 Å². The smallest absolute Gasteiger partial charge is 0.231 e. The molecule has 3 N–H and O–H groups in total. The summed E-state index contributed by atoms with van der Waals surface area (Å²) in [6.45, 7) is 0.681. The van der Waals surface area contributed by atoms with Crippen LogP contribution in [-0.2, 0) is 0 Å². The average molecular weight is 274 g/mol. The van der Waals surface area contributed by atoms with Gasteiger partial charge in [-0.1, -0.05) is 15.9 Å². The molecule has 1 aliphatic heterocycles. The van der Waals surface area contributed by atoms with Gasteiger partial charge in [0, 0.05) is 4.47 Å². The van der Waals surface area contributed by atoms with Crippen molar-refractivity contribution in [2.45, 2.75) is 12.5 Å². The largest absolute Gasteiger partial charge is 0.454 e. The van der Waals surface area contributed by atoms with Crippen LogP contribution in [0.3, 0.4) is 0 Å². The van der Waals surface area contributed by atoms with E-state index < -0.39 is 6.10 Å². The summed E-state index contributed by atoms with van der Waals surface area (Å²) >= 11 is 3.38.